The molecule has 6 heteroatoms. The van der Waals surface area contributed by atoms with Crippen LogP contribution in [0.4, 0.5) is 0 Å². The zero-order valence-electron chi connectivity index (χ0n) is 34.0. The zero-order chi connectivity index (χ0) is 41.4. The minimum absolute atomic E-state index is 0.673. The molecule has 0 fully saturated rings. The van der Waals surface area contributed by atoms with Crippen molar-refractivity contribution in [2.24, 2.45) is 0 Å². The average Bonchev–Trinajstić information content (AvgIpc) is 4.01. The second-order valence-electron chi connectivity index (χ2n) is 16.1. The van der Waals surface area contributed by atoms with Gasteiger partial charge in [-0.3, -0.25) is 8.97 Å². The molecule has 0 atom stereocenters. The molecule has 0 aliphatic rings. The van der Waals surface area contributed by atoms with Gasteiger partial charge in [-0.15, -0.1) is 0 Å². The van der Waals surface area contributed by atoms with Gasteiger partial charge in [0.2, 0.25) is 5.78 Å². The third-order valence-electron chi connectivity index (χ3n) is 12.4. The number of imidazole rings is 2. The first kappa shape index (κ1) is 35.2. The SMILES string of the molecule is c1ccc(-c2cc(-c3nc(-c4ccccc4)c4cc(-c5ccccc5)ccc4n3)cc(-n3c4ccccc4c4cc(-n5c6ccccc6n6c7ccccc7nc56)ccc43)c2)cc1. The Morgan fingerprint density at radius 2 is 0.905 bits per heavy atom. The van der Waals surface area contributed by atoms with Crippen LogP contribution in [0.15, 0.2) is 218 Å². The molecule has 63 heavy (non-hydrogen) atoms. The number of nitrogens with zero attached hydrogens (tertiary/aromatic N) is 6. The van der Waals surface area contributed by atoms with E-state index in [4.69, 9.17) is 15.0 Å². The number of benzene rings is 9. The molecule has 0 bridgehead atoms. The van der Waals surface area contributed by atoms with E-state index in [0.717, 1.165) is 106 Å². The summed E-state index contributed by atoms with van der Waals surface area (Å²) in [4.78, 5) is 15.9. The van der Waals surface area contributed by atoms with E-state index in [9.17, 15) is 0 Å². The van der Waals surface area contributed by atoms with Gasteiger partial charge in [-0.25, -0.2) is 15.0 Å². The molecule has 13 rings (SSSR count). The van der Waals surface area contributed by atoms with Crippen LogP contribution in [-0.2, 0) is 0 Å². The van der Waals surface area contributed by atoms with Crippen molar-refractivity contribution in [3.8, 4) is 56.3 Å². The Morgan fingerprint density at radius 1 is 0.286 bits per heavy atom. The summed E-state index contributed by atoms with van der Waals surface area (Å²) in [6.07, 6.45) is 0. The van der Waals surface area contributed by atoms with Crippen LogP contribution in [0.25, 0.3) is 117 Å². The predicted octanol–water partition coefficient (Wildman–Crippen LogP) is 14.1. The van der Waals surface area contributed by atoms with Gasteiger partial charge in [0.15, 0.2) is 5.82 Å². The van der Waals surface area contributed by atoms with Crippen LogP contribution in [0.2, 0.25) is 0 Å². The highest BCUT2D eigenvalue weighted by Gasteiger charge is 2.21. The Kier molecular flexibility index (Phi) is 7.80. The van der Waals surface area contributed by atoms with Crippen LogP contribution >= 0.6 is 0 Å². The van der Waals surface area contributed by atoms with Crippen molar-refractivity contribution in [1.29, 1.82) is 0 Å². The van der Waals surface area contributed by atoms with Gasteiger partial charge in [-0.1, -0.05) is 140 Å². The van der Waals surface area contributed by atoms with Gasteiger partial charge in [-0.05, 0) is 101 Å². The molecule has 9 aromatic carbocycles. The van der Waals surface area contributed by atoms with Crippen LogP contribution in [0.1, 0.15) is 0 Å². The molecular formula is C57H36N6. The molecule has 294 valence electrons. The molecule has 0 N–H and O–H groups in total. The summed E-state index contributed by atoms with van der Waals surface area (Å²) >= 11 is 0. The quantitative estimate of drug-likeness (QED) is 0.168. The summed E-state index contributed by atoms with van der Waals surface area (Å²) in [6, 6.07) is 77.3. The first-order chi connectivity index (χ1) is 31.2. The second-order valence-corrected chi connectivity index (χ2v) is 16.1. The van der Waals surface area contributed by atoms with Crippen LogP contribution in [0.5, 0.6) is 0 Å². The molecule has 0 saturated heterocycles. The van der Waals surface area contributed by atoms with Gasteiger partial charge in [0, 0.05) is 38.7 Å². The molecule has 0 aliphatic carbocycles. The highest BCUT2D eigenvalue weighted by molar-refractivity contribution is 6.10. The lowest BCUT2D eigenvalue weighted by Gasteiger charge is -2.15. The Morgan fingerprint density at radius 3 is 1.68 bits per heavy atom. The molecule has 6 nitrogen and oxygen atoms in total. The summed E-state index contributed by atoms with van der Waals surface area (Å²) < 4.78 is 6.96. The Balaban J connectivity index is 1.04. The number of para-hydroxylation sites is 5. The van der Waals surface area contributed by atoms with Crippen LogP contribution in [0.3, 0.4) is 0 Å². The standard InChI is InChI=1S/C57H36N6/c1-4-16-37(17-5-1)40-28-30-48-47(35-40)55(39-20-8-3-9-21-39)60-56(58-48)42-32-41(38-18-6-2-7-19-38)33-44(34-42)61-50-24-12-10-22-45(50)46-36-43(29-31-51(46)61)62-53-26-14-15-27-54(53)63-52-25-13-11-23-49(52)59-57(62)63/h1-36H. The number of hydrogen-bond acceptors (Lipinski definition) is 3. The lowest BCUT2D eigenvalue weighted by atomic mass is 9.99. The molecule has 4 aromatic heterocycles. The Hall–Kier alpha value is -8.61. The minimum Gasteiger partial charge on any atom is -0.309 e. The smallest absolute Gasteiger partial charge is 0.220 e. The first-order valence-corrected chi connectivity index (χ1v) is 21.3. The van der Waals surface area contributed by atoms with E-state index < -0.39 is 0 Å². The molecule has 4 heterocycles. The number of rotatable bonds is 6. The Bertz CT molecular complexity index is 3900. The fourth-order valence-electron chi connectivity index (χ4n) is 9.53. The van der Waals surface area contributed by atoms with E-state index >= 15 is 0 Å². The first-order valence-electron chi connectivity index (χ1n) is 21.3. The summed E-state index contributed by atoms with van der Waals surface area (Å²) in [5.74, 6) is 1.56. The van der Waals surface area contributed by atoms with Crippen molar-refractivity contribution < 1.29 is 0 Å². The molecule has 0 unspecified atom stereocenters. The van der Waals surface area contributed by atoms with E-state index in [-0.39, 0.29) is 0 Å². The largest absolute Gasteiger partial charge is 0.309 e. The zero-order valence-corrected chi connectivity index (χ0v) is 34.0. The van der Waals surface area contributed by atoms with Crippen LogP contribution in [0, 0.1) is 0 Å². The highest BCUT2D eigenvalue weighted by Crippen LogP contribution is 2.39. The van der Waals surface area contributed by atoms with Crippen LogP contribution < -0.4 is 0 Å². The van der Waals surface area contributed by atoms with Gasteiger partial charge in [-0.2, -0.15) is 0 Å². The van der Waals surface area contributed by atoms with Crippen LogP contribution in [-0.4, -0.2) is 28.5 Å². The van der Waals surface area contributed by atoms with Crippen molar-refractivity contribution in [3.05, 3.63) is 218 Å². The van der Waals surface area contributed by atoms with E-state index in [0.29, 0.717) is 5.82 Å². The van der Waals surface area contributed by atoms with E-state index in [1.165, 1.54) is 5.39 Å². The maximum Gasteiger partial charge on any atom is 0.220 e. The average molecular weight is 805 g/mol. The van der Waals surface area contributed by atoms with E-state index in [2.05, 4.69) is 226 Å². The molecular weight excluding hydrogens is 769 g/mol. The summed E-state index contributed by atoms with van der Waals surface area (Å²) in [7, 11) is 0. The van der Waals surface area contributed by atoms with Gasteiger partial charge >= 0.3 is 0 Å². The maximum absolute atomic E-state index is 5.43. The van der Waals surface area contributed by atoms with Crippen molar-refractivity contribution in [3.63, 3.8) is 0 Å². The fourth-order valence-corrected chi connectivity index (χ4v) is 9.53. The van der Waals surface area contributed by atoms with Crippen molar-refractivity contribution in [2.75, 3.05) is 0 Å². The van der Waals surface area contributed by atoms with Gasteiger partial charge < -0.3 is 4.57 Å². The molecule has 0 saturated carbocycles. The number of hydrogen-bond donors (Lipinski definition) is 0. The third-order valence-corrected chi connectivity index (χ3v) is 12.4. The summed E-state index contributed by atoms with van der Waals surface area (Å²) in [5, 5.41) is 3.34. The minimum atomic E-state index is 0.673. The normalized spacial score (nSPS) is 11.8. The maximum atomic E-state index is 5.43. The summed E-state index contributed by atoms with van der Waals surface area (Å²) in [5.41, 5.74) is 16.9. The second kappa shape index (κ2) is 14.0. The number of aromatic nitrogens is 6. The topological polar surface area (TPSA) is 52.9 Å². The fraction of sp³-hybridized carbons (Fsp3) is 0. The number of fused-ring (bicyclic) bond motifs is 9. The highest BCUT2D eigenvalue weighted by atomic mass is 15.2. The van der Waals surface area contributed by atoms with E-state index in [1.54, 1.807) is 0 Å². The van der Waals surface area contributed by atoms with Crippen molar-refractivity contribution >= 4 is 60.6 Å². The molecule has 0 radical (unpaired) electrons. The molecule has 0 amide bonds. The predicted molar refractivity (Wildman–Crippen MR) is 259 cm³/mol. The van der Waals surface area contributed by atoms with Gasteiger partial charge in [0.05, 0.1) is 44.3 Å². The van der Waals surface area contributed by atoms with Crippen molar-refractivity contribution in [2.45, 2.75) is 0 Å². The Labute approximate surface area is 362 Å². The van der Waals surface area contributed by atoms with E-state index in [1.807, 2.05) is 6.07 Å². The van der Waals surface area contributed by atoms with Gasteiger partial charge in [0.25, 0.3) is 0 Å². The molecule has 0 spiro atoms. The summed E-state index contributed by atoms with van der Waals surface area (Å²) in [6.45, 7) is 0. The van der Waals surface area contributed by atoms with Gasteiger partial charge in [0.1, 0.15) is 0 Å². The third kappa shape index (κ3) is 5.62. The van der Waals surface area contributed by atoms with Crippen molar-refractivity contribution in [1.82, 2.24) is 28.5 Å². The lowest BCUT2D eigenvalue weighted by Crippen LogP contribution is -1.99. The lowest BCUT2D eigenvalue weighted by molar-refractivity contribution is 1.11. The monoisotopic (exact) mass is 804 g/mol. The molecule has 13 aromatic rings. The molecule has 0 aliphatic heterocycles.